The molecule has 0 amide bonds. The van der Waals surface area contributed by atoms with E-state index in [9.17, 15) is 4.79 Å². The molecule has 0 unspecified atom stereocenters. The van der Waals surface area contributed by atoms with E-state index < -0.39 is 5.41 Å². The Kier molecular flexibility index (Phi) is 3.59. The number of hydrogen-bond donors (Lipinski definition) is 1. The van der Waals surface area contributed by atoms with Crippen LogP contribution < -0.4 is 5.32 Å². The van der Waals surface area contributed by atoms with Crippen LogP contribution in [-0.2, 0) is 0 Å². The van der Waals surface area contributed by atoms with Crippen molar-refractivity contribution in [2.75, 3.05) is 7.05 Å². The molecule has 1 aromatic carbocycles. The van der Waals surface area contributed by atoms with Crippen LogP contribution in [0.1, 0.15) is 29.6 Å². The lowest BCUT2D eigenvalue weighted by Gasteiger charge is -2.40. The zero-order valence-corrected chi connectivity index (χ0v) is 12.7. The average molecular weight is 299 g/mol. The summed E-state index contributed by atoms with van der Waals surface area (Å²) >= 11 is 5.36. The summed E-state index contributed by atoms with van der Waals surface area (Å²) in [7, 11) is 1.79. The Labute approximate surface area is 129 Å². The van der Waals surface area contributed by atoms with Gasteiger partial charge in [-0.3, -0.25) is 4.79 Å². The lowest BCUT2D eigenvalue weighted by Crippen LogP contribution is -2.49. The second-order valence-electron chi connectivity index (χ2n) is 5.36. The Morgan fingerprint density at radius 3 is 2.52 bits per heavy atom. The van der Waals surface area contributed by atoms with Gasteiger partial charge in [0, 0.05) is 30.7 Å². The van der Waals surface area contributed by atoms with Crippen molar-refractivity contribution in [2.45, 2.75) is 19.3 Å². The van der Waals surface area contributed by atoms with Crippen LogP contribution in [0.15, 0.2) is 43.0 Å². The molecule has 1 aliphatic carbocycles. The zero-order chi connectivity index (χ0) is 14.9. The molecule has 0 atom stereocenters. The van der Waals surface area contributed by atoms with Crippen molar-refractivity contribution >= 4 is 23.0 Å². The Balaban J connectivity index is 1.87. The number of nitrogens with zero attached hydrogens (tertiary/aromatic N) is 2. The molecule has 5 heteroatoms. The fraction of sp³-hybridized carbons (Fsp3) is 0.312. The maximum absolute atomic E-state index is 12.8. The highest BCUT2D eigenvalue weighted by Gasteiger charge is 2.47. The third kappa shape index (κ3) is 2.27. The molecule has 0 bridgehead atoms. The summed E-state index contributed by atoms with van der Waals surface area (Å²) in [6.45, 7) is 0. The topological polar surface area (TPSA) is 46.9 Å². The number of benzene rings is 1. The van der Waals surface area contributed by atoms with Crippen molar-refractivity contribution in [2.24, 2.45) is 5.41 Å². The van der Waals surface area contributed by atoms with E-state index in [2.05, 4.69) is 10.3 Å². The Morgan fingerprint density at radius 1 is 1.33 bits per heavy atom. The fourth-order valence-corrected chi connectivity index (χ4v) is 3.10. The first-order chi connectivity index (χ1) is 10.2. The van der Waals surface area contributed by atoms with Crippen LogP contribution in [0.25, 0.3) is 5.69 Å². The highest BCUT2D eigenvalue weighted by atomic mass is 32.1. The Morgan fingerprint density at radius 2 is 2.05 bits per heavy atom. The normalized spacial score (nSPS) is 16.0. The van der Waals surface area contributed by atoms with Gasteiger partial charge in [-0.2, -0.15) is 0 Å². The molecule has 1 heterocycles. The predicted octanol–water partition coefficient (Wildman–Crippen LogP) is 2.77. The summed E-state index contributed by atoms with van der Waals surface area (Å²) in [5.74, 6) is 0.130. The molecule has 1 aliphatic rings. The van der Waals surface area contributed by atoms with Crippen molar-refractivity contribution in [1.82, 2.24) is 14.9 Å². The van der Waals surface area contributed by atoms with E-state index >= 15 is 0 Å². The summed E-state index contributed by atoms with van der Waals surface area (Å²) < 4.78 is 1.91. The number of imidazole rings is 1. The molecule has 0 aliphatic heterocycles. The number of rotatable bonds is 4. The van der Waals surface area contributed by atoms with E-state index in [1.165, 1.54) is 0 Å². The van der Waals surface area contributed by atoms with E-state index in [0.29, 0.717) is 4.99 Å². The second kappa shape index (κ2) is 5.41. The summed E-state index contributed by atoms with van der Waals surface area (Å²) in [6, 6.07) is 7.61. The fourth-order valence-electron chi connectivity index (χ4n) is 2.80. The number of Topliss-reactive ketones (excluding diaryl/α,β-unsaturated/α-hetero) is 1. The van der Waals surface area contributed by atoms with Crippen molar-refractivity contribution in [3.63, 3.8) is 0 Å². The van der Waals surface area contributed by atoms with Crippen molar-refractivity contribution in [3.05, 3.63) is 48.5 Å². The Bertz CT molecular complexity index is 657. The van der Waals surface area contributed by atoms with Crippen molar-refractivity contribution in [3.8, 4) is 5.69 Å². The molecule has 1 aromatic heterocycles. The number of carbonyl (C=O) groups is 1. The van der Waals surface area contributed by atoms with E-state index in [-0.39, 0.29) is 5.78 Å². The van der Waals surface area contributed by atoms with E-state index in [1.807, 2.05) is 35.0 Å². The molecular weight excluding hydrogens is 282 g/mol. The molecule has 1 N–H and O–H groups in total. The first-order valence-electron chi connectivity index (χ1n) is 7.03. The molecule has 2 aromatic rings. The molecule has 0 spiro atoms. The Hall–Kier alpha value is -2.01. The molecule has 0 radical (unpaired) electrons. The first-order valence-corrected chi connectivity index (χ1v) is 7.43. The number of carbonyl (C=O) groups excluding carboxylic acids is 1. The van der Waals surface area contributed by atoms with Crippen LogP contribution in [0.4, 0.5) is 0 Å². The van der Waals surface area contributed by atoms with Crippen LogP contribution in [0.2, 0.25) is 0 Å². The largest absolute Gasteiger partial charge is 0.382 e. The van der Waals surface area contributed by atoms with E-state index in [1.54, 1.807) is 19.6 Å². The first kappa shape index (κ1) is 13.9. The monoisotopic (exact) mass is 299 g/mol. The van der Waals surface area contributed by atoms with Gasteiger partial charge in [0.05, 0.1) is 16.7 Å². The SMILES string of the molecule is CNC(=S)C1(C(=O)c2ccc(-n3ccnc3)cc2)CCC1. The predicted molar refractivity (Wildman–Crippen MR) is 85.8 cm³/mol. The third-order valence-corrected chi connectivity index (χ3v) is 4.83. The van der Waals surface area contributed by atoms with Crippen LogP contribution in [-0.4, -0.2) is 27.4 Å². The van der Waals surface area contributed by atoms with Crippen molar-refractivity contribution < 1.29 is 4.79 Å². The van der Waals surface area contributed by atoms with Gasteiger partial charge in [-0.25, -0.2) is 4.98 Å². The maximum Gasteiger partial charge on any atom is 0.175 e. The van der Waals surface area contributed by atoms with Gasteiger partial charge in [-0.05, 0) is 37.1 Å². The van der Waals surface area contributed by atoms with Gasteiger partial charge in [-0.15, -0.1) is 0 Å². The summed E-state index contributed by atoms with van der Waals surface area (Å²) in [5, 5.41) is 2.99. The summed E-state index contributed by atoms with van der Waals surface area (Å²) in [5.41, 5.74) is 1.22. The standard InChI is InChI=1S/C16H17N3OS/c1-17-15(21)16(7-2-8-16)14(20)12-3-5-13(6-4-12)19-10-9-18-11-19/h3-6,9-11H,2,7-8H2,1H3,(H,17,21). The second-order valence-corrected chi connectivity index (χ2v) is 5.77. The lowest BCUT2D eigenvalue weighted by molar-refractivity contribution is 0.0770. The molecule has 1 saturated carbocycles. The number of aromatic nitrogens is 2. The van der Waals surface area contributed by atoms with Crippen LogP contribution in [0.3, 0.4) is 0 Å². The minimum Gasteiger partial charge on any atom is -0.382 e. The number of nitrogens with one attached hydrogen (secondary N) is 1. The molecule has 21 heavy (non-hydrogen) atoms. The smallest absolute Gasteiger partial charge is 0.175 e. The van der Waals surface area contributed by atoms with Gasteiger partial charge >= 0.3 is 0 Å². The summed E-state index contributed by atoms with van der Waals surface area (Å²) in [6.07, 6.45) is 8.08. The van der Waals surface area contributed by atoms with Gasteiger partial charge in [-0.1, -0.05) is 18.6 Å². The quantitative estimate of drug-likeness (QED) is 0.696. The van der Waals surface area contributed by atoms with Gasteiger partial charge in [0.1, 0.15) is 0 Å². The number of hydrogen-bond acceptors (Lipinski definition) is 3. The zero-order valence-electron chi connectivity index (χ0n) is 11.9. The highest BCUT2D eigenvalue weighted by molar-refractivity contribution is 7.80. The maximum atomic E-state index is 12.8. The molecular formula is C16H17N3OS. The van der Waals surface area contributed by atoms with Crippen LogP contribution in [0.5, 0.6) is 0 Å². The minimum atomic E-state index is -0.486. The molecule has 3 rings (SSSR count). The van der Waals surface area contributed by atoms with Gasteiger partial charge < -0.3 is 9.88 Å². The van der Waals surface area contributed by atoms with E-state index in [4.69, 9.17) is 12.2 Å². The van der Waals surface area contributed by atoms with Crippen LogP contribution >= 0.6 is 12.2 Å². The molecule has 0 saturated heterocycles. The number of thiocarbonyl (C=S) groups is 1. The van der Waals surface area contributed by atoms with Crippen LogP contribution in [0, 0.1) is 5.41 Å². The van der Waals surface area contributed by atoms with Gasteiger partial charge in [0.2, 0.25) is 0 Å². The number of ketones is 1. The molecule has 1 fully saturated rings. The lowest BCUT2D eigenvalue weighted by atomic mass is 9.64. The van der Waals surface area contributed by atoms with Crippen molar-refractivity contribution in [1.29, 1.82) is 0 Å². The summed E-state index contributed by atoms with van der Waals surface area (Å²) in [4.78, 5) is 17.5. The third-order valence-electron chi connectivity index (χ3n) is 4.24. The van der Waals surface area contributed by atoms with Gasteiger partial charge in [0.15, 0.2) is 5.78 Å². The highest BCUT2D eigenvalue weighted by Crippen LogP contribution is 2.44. The average Bonchev–Trinajstić information content (AvgIpc) is 3.00. The van der Waals surface area contributed by atoms with Gasteiger partial charge in [0.25, 0.3) is 0 Å². The molecule has 4 nitrogen and oxygen atoms in total. The molecule has 108 valence electrons. The van der Waals surface area contributed by atoms with E-state index in [0.717, 1.165) is 30.5 Å². The minimum absolute atomic E-state index is 0.130.